The van der Waals surface area contributed by atoms with Crippen LogP contribution in [-0.2, 0) is 30.2 Å². The van der Waals surface area contributed by atoms with Crippen molar-refractivity contribution in [2.45, 2.75) is 79.4 Å². The van der Waals surface area contributed by atoms with Crippen LogP contribution in [0.4, 0.5) is 0 Å². The minimum absolute atomic E-state index is 0.119. The zero-order chi connectivity index (χ0) is 40.4. The predicted octanol–water partition coefficient (Wildman–Crippen LogP) is -2.78. The van der Waals surface area contributed by atoms with E-state index in [0.29, 0.717) is 5.57 Å². The van der Waals surface area contributed by atoms with Crippen LogP contribution in [-0.4, -0.2) is 130 Å². The number of hydrogen-bond donors (Lipinski definition) is 12. The highest BCUT2D eigenvalue weighted by molar-refractivity contribution is 5.88. The largest absolute Gasteiger partial charge is 0.507 e. The van der Waals surface area contributed by atoms with Gasteiger partial charge in [-0.2, -0.15) is 0 Å². The van der Waals surface area contributed by atoms with Crippen molar-refractivity contribution < 1.29 is 84.0 Å². The summed E-state index contributed by atoms with van der Waals surface area (Å²) in [7, 11) is 0. The lowest BCUT2D eigenvalue weighted by Crippen LogP contribution is -2.70. The van der Waals surface area contributed by atoms with Crippen LogP contribution in [0.3, 0.4) is 0 Å². The second-order valence-corrected chi connectivity index (χ2v) is 13.5. The lowest BCUT2D eigenvalue weighted by molar-refractivity contribution is -0.329. The molecule has 4 aliphatic rings. The molecule has 2 bridgehead atoms. The molecular weight excluding hydrogens is 748 g/mol. The number of nitrogens with one attached hydrogen (secondary N) is 1. The molecule has 1 spiro atoms. The molecule has 20 heteroatoms. The molecule has 296 valence electrons. The van der Waals surface area contributed by atoms with Crippen LogP contribution in [0.15, 0.2) is 63.5 Å². The van der Waals surface area contributed by atoms with Gasteiger partial charge in [-0.25, -0.2) is 9.59 Å². The monoisotopic (exact) mass is 782 g/mol. The lowest BCUT2D eigenvalue weighted by Gasteiger charge is -2.47. The Morgan fingerprint density at radius 1 is 0.946 bits per heavy atom. The average molecular weight is 783 g/mol. The van der Waals surface area contributed by atoms with Gasteiger partial charge in [-0.05, 0) is 29.8 Å². The number of dihydropyridines is 1. The second kappa shape index (κ2) is 14.1. The van der Waals surface area contributed by atoms with Crippen molar-refractivity contribution in [2.24, 2.45) is 5.73 Å². The van der Waals surface area contributed by atoms with Crippen LogP contribution in [0.5, 0.6) is 23.0 Å². The number of benzene rings is 2. The fourth-order valence-corrected chi connectivity index (χ4v) is 6.69. The highest BCUT2D eigenvalue weighted by Gasteiger charge is 2.64. The number of carboxylic acid groups (broad SMARTS) is 1. The van der Waals surface area contributed by atoms with Gasteiger partial charge in [0.25, 0.3) is 5.60 Å². The van der Waals surface area contributed by atoms with E-state index in [9.17, 15) is 65.4 Å². The first kappa shape index (κ1) is 38.5. The van der Waals surface area contributed by atoms with E-state index in [-0.39, 0.29) is 40.0 Å². The number of carbonyl (C=O) groups is 2. The van der Waals surface area contributed by atoms with Crippen LogP contribution in [0.2, 0.25) is 0 Å². The minimum Gasteiger partial charge on any atom is -0.507 e. The van der Waals surface area contributed by atoms with E-state index in [0.717, 1.165) is 24.3 Å². The number of aliphatic hydroxyl groups excluding tert-OH is 6. The smallest absolute Gasteiger partial charge is 0.351 e. The summed E-state index contributed by atoms with van der Waals surface area (Å²) in [6.45, 7) is 0. The van der Waals surface area contributed by atoms with Gasteiger partial charge in [0.1, 0.15) is 64.9 Å². The van der Waals surface area contributed by atoms with Crippen LogP contribution in [0.1, 0.15) is 12.0 Å². The molecule has 3 aromatic rings. The summed E-state index contributed by atoms with van der Waals surface area (Å²) in [6.07, 6.45) is -15.3. The molecule has 0 radical (unpaired) electrons. The number of rotatable bonds is 6. The number of allylic oxidation sites excluding steroid dienone is 2. The first-order valence-corrected chi connectivity index (χ1v) is 16.8. The number of ether oxygens (including phenoxy) is 4. The Morgan fingerprint density at radius 3 is 2.36 bits per heavy atom. The third-order valence-electron chi connectivity index (χ3n) is 9.86. The zero-order valence-electron chi connectivity index (χ0n) is 28.5. The van der Waals surface area contributed by atoms with Crippen molar-refractivity contribution in [3.05, 3.63) is 70.0 Å². The second-order valence-electron chi connectivity index (χ2n) is 13.5. The maximum absolute atomic E-state index is 13.8. The Kier molecular flexibility index (Phi) is 9.70. The first-order valence-electron chi connectivity index (χ1n) is 16.8. The van der Waals surface area contributed by atoms with E-state index in [2.05, 4.69) is 17.2 Å². The van der Waals surface area contributed by atoms with Crippen LogP contribution in [0.25, 0.3) is 22.3 Å². The molecule has 0 saturated carbocycles. The quantitative estimate of drug-likeness (QED) is 0.0683. The number of hydrogen-bond acceptors (Lipinski definition) is 19. The maximum Gasteiger partial charge on any atom is 0.351 e. The molecule has 2 saturated heterocycles. The van der Waals surface area contributed by atoms with Crippen molar-refractivity contribution >= 4 is 22.9 Å². The third kappa shape index (κ3) is 6.26. The molecule has 2 fully saturated rings. The number of aliphatic carboxylic acids is 1. The van der Waals surface area contributed by atoms with Crippen LogP contribution >= 0.6 is 0 Å². The van der Waals surface area contributed by atoms with Gasteiger partial charge >= 0.3 is 11.9 Å². The predicted molar refractivity (Wildman–Crippen MR) is 183 cm³/mol. The normalized spacial score (nSPS) is 33.9. The Balaban J connectivity index is 1.33. The molecule has 4 aliphatic heterocycles. The van der Waals surface area contributed by atoms with Crippen molar-refractivity contribution in [3.63, 3.8) is 0 Å². The number of aliphatic hydroxyl groups is 6. The number of esters is 1. The van der Waals surface area contributed by atoms with Crippen molar-refractivity contribution in [1.82, 2.24) is 5.32 Å². The fraction of sp³-hybridized carbons (Fsp3) is 0.361. The summed E-state index contributed by atoms with van der Waals surface area (Å²) >= 11 is 0. The summed E-state index contributed by atoms with van der Waals surface area (Å²) in [5.41, 5.74) is -0.506. The first-order chi connectivity index (χ1) is 26.5. The van der Waals surface area contributed by atoms with E-state index in [1.807, 2.05) is 0 Å². The molecule has 0 amide bonds. The molecule has 0 aliphatic carbocycles. The molecule has 2 aromatic carbocycles. The van der Waals surface area contributed by atoms with Gasteiger partial charge < -0.3 is 85.5 Å². The van der Waals surface area contributed by atoms with Gasteiger partial charge in [0, 0.05) is 35.9 Å². The maximum atomic E-state index is 13.8. The van der Waals surface area contributed by atoms with Crippen molar-refractivity contribution in [3.8, 4) is 46.2 Å². The highest BCUT2D eigenvalue weighted by atomic mass is 16.8. The molecule has 5 heterocycles. The number of fused-ring (bicyclic) bond motifs is 3. The Morgan fingerprint density at radius 2 is 1.68 bits per heavy atom. The number of aromatic hydroxyl groups is 3. The van der Waals surface area contributed by atoms with E-state index >= 15 is 0 Å². The average Bonchev–Trinajstić information content (AvgIpc) is 3.21. The summed E-state index contributed by atoms with van der Waals surface area (Å²) < 4.78 is 28.2. The highest BCUT2D eigenvalue weighted by Crippen LogP contribution is 2.43. The molecule has 7 rings (SSSR count). The molecular formula is C36H34N2O18. The van der Waals surface area contributed by atoms with E-state index in [4.69, 9.17) is 29.1 Å². The zero-order valence-corrected chi connectivity index (χ0v) is 28.5. The van der Waals surface area contributed by atoms with Crippen molar-refractivity contribution in [2.75, 3.05) is 0 Å². The number of phenolic OH excluding ortho intramolecular Hbond substituents is 3. The number of carboxylic acids is 1. The SMILES string of the molecule is NC1C=CC(Cc2c(O[C@H]3O[C@@]4(CC#C[C@]5(C(=O)O)O[C@H](OC4=O)[C@H](O)[C@@H](O)[C@@H]5O)[C@@H](O)[C@H](O)[C@H]3O)cc3oc(-c4ccc(O)c(O)c4)cc(=O)c3c2O)=CN1. The van der Waals surface area contributed by atoms with E-state index < -0.39 is 108 Å². The molecule has 1 unspecified atom stereocenters. The van der Waals surface area contributed by atoms with Crippen LogP contribution < -0.4 is 21.2 Å². The van der Waals surface area contributed by atoms with E-state index in [1.54, 1.807) is 12.2 Å². The minimum atomic E-state index is -2.96. The number of phenols is 3. The van der Waals surface area contributed by atoms with Gasteiger partial charge in [0.05, 0.1) is 12.6 Å². The Labute approximate surface area is 313 Å². The molecule has 56 heavy (non-hydrogen) atoms. The van der Waals surface area contributed by atoms with Gasteiger partial charge in [-0.15, -0.1) is 0 Å². The molecule has 13 N–H and O–H groups in total. The Bertz CT molecular complexity index is 2300. The molecule has 1 aromatic heterocycles. The van der Waals surface area contributed by atoms with Gasteiger partial charge in [-0.1, -0.05) is 17.9 Å². The standard InChI is InChI=1S/C36H34N2O18/c37-22-5-2-13(12-38-22)8-15-20(11-21-23(24(15)42)18(41)10-19(52-21)14-3-4-16(39)17(40)9-14)53-31-27(45)26(44)30(48)36(56-31)7-1-6-35(33(49)50)29(47)25(43)28(46)32(55-35)54-34(36)51/h2-5,9-12,22,25-32,38-40,42-48H,7-8,37H2,(H,49,50)/t22?,25-,26-,27-,28-,29+,30+,31+,32+,35+,36+/m1/s1. The summed E-state index contributed by atoms with van der Waals surface area (Å²) in [5, 5.41) is 109. The topological polar surface area (TPSA) is 342 Å². The third-order valence-corrected chi connectivity index (χ3v) is 9.86. The van der Waals surface area contributed by atoms with Crippen molar-refractivity contribution in [1.29, 1.82) is 0 Å². The fourth-order valence-electron chi connectivity index (χ4n) is 6.69. The molecule has 11 atom stereocenters. The molecule has 20 nitrogen and oxygen atoms in total. The van der Waals surface area contributed by atoms with E-state index in [1.165, 1.54) is 12.3 Å². The summed E-state index contributed by atoms with van der Waals surface area (Å²) in [4.78, 5) is 39.6. The lowest BCUT2D eigenvalue weighted by atomic mass is 9.83. The number of carbonyl (C=O) groups excluding carboxylic acids is 1. The van der Waals surface area contributed by atoms with Gasteiger partial charge in [-0.3, -0.25) is 4.79 Å². The van der Waals surface area contributed by atoms with Gasteiger partial charge in [0.2, 0.25) is 18.2 Å². The van der Waals surface area contributed by atoms with Gasteiger partial charge in [0.15, 0.2) is 16.9 Å². The summed E-state index contributed by atoms with van der Waals surface area (Å²) in [6, 6.07) is 5.74. The van der Waals surface area contributed by atoms with Crippen LogP contribution in [0, 0.1) is 11.8 Å². The Hall–Kier alpha value is -5.73. The summed E-state index contributed by atoms with van der Waals surface area (Å²) in [5.74, 6) is -1.39. The number of nitrogens with two attached hydrogens (primary N) is 1.